The number of benzene rings is 5. The van der Waals surface area contributed by atoms with Crippen LogP contribution in [0.25, 0.3) is 16.8 Å². The van der Waals surface area contributed by atoms with Crippen molar-refractivity contribution in [3.63, 3.8) is 0 Å². The fraction of sp³-hybridized carbons (Fsp3) is 0.239. The van der Waals surface area contributed by atoms with E-state index in [2.05, 4.69) is 17.3 Å². The highest BCUT2D eigenvalue weighted by atomic mass is 32.2. The smallest absolute Gasteiger partial charge is 0.348 e. The van der Waals surface area contributed by atoms with E-state index in [4.69, 9.17) is 28.9 Å². The first-order valence-corrected chi connectivity index (χ1v) is 20.0. The summed E-state index contributed by atoms with van der Waals surface area (Å²) in [4.78, 5) is 27.5. The highest BCUT2D eigenvalue weighted by molar-refractivity contribution is 7.98. The number of halogens is 3. The van der Waals surface area contributed by atoms with Gasteiger partial charge in [0, 0.05) is 42.7 Å². The van der Waals surface area contributed by atoms with Crippen molar-refractivity contribution in [3.8, 4) is 35.3 Å². The third-order valence-electron chi connectivity index (χ3n) is 9.82. The number of allylic oxidation sites excluding steroid dienone is 1. The number of thioether (sulfide) groups is 1. The lowest BCUT2D eigenvalue weighted by molar-refractivity contribution is 0.0726. The number of epoxide rings is 1. The maximum atomic E-state index is 15.7. The molecule has 0 aromatic heterocycles. The summed E-state index contributed by atoms with van der Waals surface area (Å²) in [5, 5.41) is 13.7. The van der Waals surface area contributed by atoms with Crippen LogP contribution in [0.3, 0.4) is 0 Å². The first-order chi connectivity index (χ1) is 28.7. The molecule has 0 radical (unpaired) electrons. The first kappa shape index (κ1) is 40.9. The van der Waals surface area contributed by atoms with Crippen LogP contribution in [0.1, 0.15) is 57.5 Å². The highest BCUT2D eigenvalue weighted by Crippen LogP contribution is 2.39. The number of nitriles is 1. The minimum atomic E-state index is -1.72. The monoisotopic (exact) mass is 818 g/mol. The van der Waals surface area contributed by atoms with E-state index < -0.39 is 46.4 Å². The topological polar surface area (TPSA) is 119 Å². The van der Waals surface area contributed by atoms with Crippen molar-refractivity contribution in [2.24, 2.45) is 5.92 Å². The van der Waals surface area contributed by atoms with E-state index in [1.165, 1.54) is 18.2 Å². The van der Waals surface area contributed by atoms with Crippen LogP contribution in [0.15, 0.2) is 95.9 Å². The van der Waals surface area contributed by atoms with E-state index >= 15 is 8.78 Å². The molecule has 5 aromatic rings. The molecule has 59 heavy (non-hydrogen) atoms. The second-order valence-electron chi connectivity index (χ2n) is 13.8. The number of anilines is 1. The molecule has 300 valence electrons. The number of fused-ring (bicyclic) bond motifs is 2. The second-order valence-corrected chi connectivity index (χ2v) is 14.7. The number of nitrogens with one attached hydrogen (secondary N) is 1. The molecule has 7 rings (SSSR count). The molecule has 0 amide bonds. The lowest BCUT2D eigenvalue weighted by atomic mass is 9.90. The summed E-state index contributed by atoms with van der Waals surface area (Å²) in [5.41, 5.74) is -0.783. The Labute approximate surface area is 343 Å². The summed E-state index contributed by atoms with van der Waals surface area (Å²) >= 11 is 1.65. The van der Waals surface area contributed by atoms with Crippen LogP contribution >= 0.6 is 11.8 Å². The molecular weight excluding hydrogens is 782 g/mol. The standard InChI is InChI=1S/C46H37F3N2O7S/c1-59-41-8-4-7-31-22-28(9-17-35(31)41)6-2-3-19-51-37-25-40(43(48)44(49)42(37)46(53)56-34-16-13-32(26-50)36(47)24-34)58-45(52)30-11-14-33(15-12-30)55-21-5-20-54-27-29-10-18-38-39(23-29)57-38/h2,4,6-9,11-17,22,24-25,29,38-39,51H,5,10,18,20-21,23,27H2,1H3/b6-2+. The van der Waals surface area contributed by atoms with E-state index in [1.807, 2.05) is 42.7 Å². The molecule has 3 unspecified atom stereocenters. The Morgan fingerprint density at radius 3 is 2.53 bits per heavy atom. The average molecular weight is 819 g/mol. The van der Waals surface area contributed by atoms with Gasteiger partial charge in [0.15, 0.2) is 11.6 Å². The molecule has 3 atom stereocenters. The van der Waals surface area contributed by atoms with E-state index in [1.54, 1.807) is 36.0 Å². The zero-order chi connectivity index (χ0) is 41.3. The van der Waals surface area contributed by atoms with Gasteiger partial charge in [-0.3, -0.25) is 0 Å². The number of rotatable bonds is 14. The predicted octanol–water partition coefficient (Wildman–Crippen LogP) is 9.73. The Kier molecular flexibility index (Phi) is 13.2. The van der Waals surface area contributed by atoms with Crippen LogP contribution in [0.4, 0.5) is 18.9 Å². The number of carbonyl (C=O) groups excluding carboxylic acids is 2. The summed E-state index contributed by atoms with van der Waals surface area (Å²) in [7, 11) is 0. The molecule has 13 heteroatoms. The van der Waals surface area contributed by atoms with Gasteiger partial charge in [-0.25, -0.2) is 18.4 Å². The number of ether oxygens (including phenoxy) is 5. The second kappa shape index (κ2) is 19.0. The van der Waals surface area contributed by atoms with Crippen LogP contribution in [-0.4, -0.2) is 50.2 Å². The highest BCUT2D eigenvalue weighted by Gasteiger charge is 2.43. The molecule has 9 nitrogen and oxygen atoms in total. The van der Waals surface area contributed by atoms with Crippen LogP contribution in [-0.2, 0) is 9.47 Å². The van der Waals surface area contributed by atoms with Gasteiger partial charge in [-0.2, -0.15) is 9.65 Å². The molecule has 1 saturated carbocycles. The van der Waals surface area contributed by atoms with Crippen molar-refractivity contribution in [1.82, 2.24) is 0 Å². The van der Waals surface area contributed by atoms with E-state index in [-0.39, 0.29) is 16.9 Å². The van der Waals surface area contributed by atoms with E-state index in [0.717, 1.165) is 64.8 Å². The van der Waals surface area contributed by atoms with Crippen molar-refractivity contribution in [2.75, 3.05) is 31.4 Å². The largest absolute Gasteiger partial charge is 0.494 e. The molecule has 2 aliphatic rings. The summed E-state index contributed by atoms with van der Waals surface area (Å²) in [6, 6.07) is 25.9. The Morgan fingerprint density at radius 2 is 1.75 bits per heavy atom. The predicted molar refractivity (Wildman–Crippen MR) is 217 cm³/mol. The molecule has 5 aromatic carbocycles. The molecule has 1 saturated heterocycles. The minimum absolute atomic E-state index is 0.0129. The molecule has 0 bridgehead atoms. The molecule has 1 aliphatic heterocycles. The number of carbonyl (C=O) groups is 2. The fourth-order valence-electron chi connectivity index (χ4n) is 6.71. The SMILES string of the molecule is CSc1cccc2cc(/C=C/C#CNc3cc(OC(=O)c4ccc(OCCCOCC5CCC6OC6C5)cc4)c(F)c(F)c3C(=O)Oc3ccc(C#N)c(F)c3)ccc12. The van der Waals surface area contributed by atoms with Crippen LogP contribution in [0.5, 0.6) is 17.2 Å². The van der Waals surface area contributed by atoms with Gasteiger partial charge in [-0.05, 0) is 108 Å². The van der Waals surface area contributed by atoms with Gasteiger partial charge in [0.25, 0.3) is 0 Å². The summed E-state index contributed by atoms with van der Waals surface area (Å²) < 4.78 is 73.1. The fourth-order valence-corrected chi connectivity index (χ4v) is 7.33. The zero-order valence-corrected chi connectivity index (χ0v) is 32.6. The summed E-state index contributed by atoms with van der Waals surface area (Å²) in [6.07, 6.45) is 10.1. The Hall–Kier alpha value is -6.25. The third-order valence-corrected chi connectivity index (χ3v) is 10.6. The summed E-state index contributed by atoms with van der Waals surface area (Å²) in [6.45, 7) is 1.64. The molecule has 1 heterocycles. The van der Waals surface area contributed by atoms with Gasteiger partial charge in [-0.15, -0.1) is 11.8 Å². The van der Waals surface area contributed by atoms with Crippen molar-refractivity contribution in [3.05, 3.63) is 131 Å². The van der Waals surface area contributed by atoms with Crippen molar-refractivity contribution < 1.29 is 46.4 Å². The number of nitrogens with zero attached hydrogens (tertiary/aromatic N) is 1. The molecule has 2 fully saturated rings. The van der Waals surface area contributed by atoms with Gasteiger partial charge in [-0.1, -0.05) is 30.2 Å². The first-order valence-electron chi connectivity index (χ1n) is 18.8. The average Bonchev–Trinajstić information content (AvgIpc) is 4.03. The van der Waals surface area contributed by atoms with Crippen molar-refractivity contribution >= 4 is 46.2 Å². The molecule has 0 spiro atoms. The van der Waals surface area contributed by atoms with Gasteiger partial charge >= 0.3 is 11.9 Å². The third kappa shape index (κ3) is 10.3. The lowest BCUT2D eigenvalue weighted by Crippen LogP contribution is -2.19. The summed E-state index contributed by atoms with van der Waals surface area (Å²) in [5.74, 6) is -4.27. The molecule has 1 aliphatic carbocycles. The quantitative estimate of drug-likeness (QED) is 0.0221. The number of hydrogen-bond donors (Lipinski definition) is 1. The van der Waals surface area contributed by atoms with Gasteiger partial charge in [0.05, 0.1) is 35.6 Å². The van der Waals surface area contributed by atoms with E-state index in [0.29, 0.717) is 50.1 Å². The van der Waals surface area contributed by atoms with Gasteiger partial charge < -0.3 is 29.0 Å². The Bertz CT molecular complexity index is 2510. The van der Waals surface area contributed by atoms with Gasteiger partial charge in [0.1, 0.15) is 28.9 Å². The van der Waals surface area contributed by atoms with Crippen molar-refractivity contribution in [2.45, 2.75) is 42.8 Å². The minimum Gasteiger partial charge on any atom is -0.494 e. The van der Waals surface area contributed by atoms with Crippen molar-refractivity contribution in [1.29, 1.82) is 5.26 Å². The van der Waals surface area contributed by atoms with Gasteiger partial charge in [0.2, 0.25) is 5.82 Å². The maximum Gasteiger partial charge on any atom is 0.348 e. The lowest BCUT2D eigenvalue weighted by Gasteiger charge is -2.18. The number of hydrogen-bond acceptors (Lipinski definition) is 10. The number of esters is 2. The van der Waals surface area contributed by atoms with Crippen LogP contribution in [0.2, 0.25) is 0 Å². The van der Waals surface area contributed by atoms with E-state index in [9.17, 15) is 14.0 Å². The maximum absolute atomic E-state index is 15.7. The molecular formula is C46H37F3N2O7S. The molecule has 1 N–H and O–H groups in total. The van der Waals surface area contributed by atoms with Crippen LogP contribution in [0, 0.1) is 46.7 Å². The Morgan fingerprint density at radius 1 is 0.915 bits per heavy atom. The zero-order valence-electron chi connectivity index (χ0n) is 31.8. The Balaban J connectivity index is 1.02. The normalized spacial score (nSPS) is 16.7. The van der Waals surface area contributed by atoms with Crippen LogP contribution < -0.4 is 19.5 Å².